The molecule has 1 aromatic heterocycles. The minimum atomic E-state index is -0.110. The Bertz CT molecular complexity index is 966. The van der Waals surface area contributed by atoms with E-state index in [0.717, 1.165) is 23.4 Å². The summed E-state index contributed by atoms with van der Waals surface area (Å²) in [4.78, 5) is 14.6. The molecule has 0 saturated carbocycles. The van der Waals surface area contributed by atoms with Crippen LogP contribution in [0.1, 0.15) is 27.2 Å². The Hall–Kier alpha value is -3.21. The third kappa shape index (κ3) is 3.04. The molecule has 130 valence electrons. The van der Waals surface area contributed by atoms with Crippen LogP contribution in [0.15, 0.2) is 54.6 Å². The third-order valence-electron chi connectivity index (χ3n) is 4.67. The number of aromatic nitrogens is 2. The lowest BCUT2D eigenvalue weighted by molar-refractivity contribution is 0.0983. The van der Waals surface area contributed by atoms with Gasteiger partial charge < -0.3 is 10.2 Å². The first-order chi connectivity index (χ1) is 12.6. The molecule has 5 heteroatoms. The molecule has 0 bridgehead atoms. The number of amides is 1. The van der Waals surface area contributed by atoms with Crippen molar-refractivity contribution in [1.82, 2.24) is 10.2 Å². The van der Waals surface area contributed by atoms with Gasteiger partial charge in [-0.2, -0.15) is 0 Å². The summed E-state index contributed by atoms with van der Waals surface area (Å²) in [5.41, 5.74) is 5.82. The van der Waals surface area contributed by atoms with Crippen molar-refractivity contribution in [3.8, 4) is 0 Å². The van der Waals surface area contributed by atoms with E-state index >= 15 is 0 Å². The van der Waals surface area contributed by atoms with Crippen molar-refractivity contribution in [1.29, 1.82) is 0 Å². The summed E-state index contributed by atoms with van der Waals surface area (Å²) in [7, 11) is 0. The molecular formula is C21H20N4O. The van der Waals surface area contributed by atoms with Gasteiger partial charge in [0, 0.05) is 17.9 Å². The summed E-state index contributed by atoms with van der Waals surface area (Å²) >= 11 is 0. The maximum Gasteiger partial charge on any atom is 0.278 e. The number of hydrogen-bond acceptors (Lipinski definition) is 4. The highest BCUT2D eigenvalue weighted by molar-refractivity contribution is 6.06. The van der Waals surface area contributed by atoms with Crippen molar-refractivity contribution >= 4 is 23.1 Å². The van der Waals surface area contributed by atoms with Crippen LogP contribution in [0.25, 0.3) is 0 Å². The zero-order valence-electron chi connectivity index (χ0n) is 14.9. The topological polar surface area (TPSA) is 58.1 Å². The molecule has 0 unspecified atom stereocenters. The lowest BCUT2D eigenvalue weighted by Crippen LogP contribution is -2.29. The number of anilines is 3. The summed E-state index contributed by atoms with van der Waals surface area (Å²) in [6.45, 7) is 4.77. The maximum absolute atomic E-state index is 12.8. The molecule has 1 aliphatic heterocycles. The SMILES string of the molecule is Cc1ccc(C)c(Nc2ccc(C(=O)N3CCc4ccccc43)nn2)c1. The van der Waals surface area contributed by atoms with E-state index in [0.29, 0.717) is 18.1 Å². The van der Waals surface area contributed by atoms with E-state index in [-0.39, 0.29) is 5.91 Å². The summed E-state index contributed by atoms with van der Waals surface area (Å²) in [5, 5.41) is 11.6. The minimum absolute atomic E-state index is 0.110. The summed E-state index contributed by atoms with van der Waals surface area (Å²) in [6.07, 6.45) is 0.877. The first-order valence-corrected chi connectivity index (χ1v) is 8.69. The van der Waals surface area contributed by atoms with E-state index in [9.17, 15) is 4.79 Å². The third-order valence-corrected chi connectivity index (χ3v) is 4.67. The van der Waals surface area contributed by atoms with Crippen molar-refractivity contribution in [3.63, 3.8) is 0 Å². The standard InChI is InChI=1S/C21H20N4O/c1-14-7-8-15(2)18(13-14)22-20-10-9-17(23-24-20)21(26)25-12-11-16-5-3-4-6-19(16)25/h3-10,13H,11-12H2,1-2H3,(H,22,24). The van der Waals surface area contributed by atoms with Crippen molar-refractivity contribution in [2.75, 3.05) is 16.8 Å². The van der Waals surface area contributed by atoms with Gasteiger partial charge in [-0.15, -0.1) is 10.2 Å². The molecule has 26 heavy (non-hydrogen) atoms. The lowest BCUT2D eigenvalue weighted by atomic mass is 10.1. The molecule has 2 aromatic carbocycles. The number of hydrogen-bond donors (Lipinski definition) is 1. The van der Waals surface area contributed by atoms with Crippen LogP contribution in [-0.4, -0.2) is 22.6 Å². The Labute approximate surface area is 152 Å². The Kier molecular flexibility index (Phi) is 4.13. The lowest BCUT2D eigenvalue weighted by Gasteiger charge is -2.16. The van der Waals surface area contributed by atoms with Gasteiger partial charge in [0.25, 0.3) is 5.91 Å². The Morgan fingerprint density at radius 1 is 1.04 bits per heavy atom. The number of para-hydroxylation sites is 1. The molecule has 1 amide bonds. The van der Waals surface area contributed by atoms with Crippen LogP contribution in [0.5, 0.6) is 0 Å². The molecule has 3 aromatic rings. The van der Waals surface area contributed by atoms with Crippen molar-refractivity contribution in [3.05, 3.63) is 77.0 Å². The van der Waals surface area contributed by atoms with Gasteiger partial charge in [-0.1, -0.05) is 30.3 Å². The Balaban J connectivity index is 1.53. The van der Waals surface area contributed by atoms with Crippen LogP contribution in [0.4, 0.5) is 17.2 Å². The summed E-state index contributed by atoms with van der Waals surface area (Å²) in [5.74, 6) is 0.512. The fourth-order valence-electron chi connectivity index (χ4n) is 3.21. The van der Waals surface area contributed by atoms with Crippen LogP contribution in [-0.2, 0) is 6.42 Å². The normalized spacial score (nSPS) is 12.8. The zero-order chi connectivity index (χ0) is 18.1. The van der Waals surface area contributed by atoms with Gasteiger partial charge in [0.05, 0.1) is 0 Å². The summed E-state index contributed by atoms with van der Waals surface area (Å²) in [6, 6.07) is 17.7. The monoisotopic (exact) mass is 344 g/mol. The van der Waals surface area contributed by atoms with Gasteiger partial charge in [0.1, 0.15) is 0 Å². The van der Waals surface area contributed by atoms with Crippen LogP contribution in [0.3, 0.4) is 0 Å². The molecule has 0 atom stereocenters. The molecule has 0 saturated heterocycles. The average Bonchev–Trinajstić information content (AvgIpc) is 3.09. The first kappa shape index (κ1) is 16.3. The molecule has 1 N–H and O–H groups in total. The molecule has 2 heterocycles. The van der Waals surface area contributed by atoms with Crippen LogP contribution >= 0.6 is 0 Å². The van der Waals surface area contributed by atoms with Gasteiger partial charge in [0.15, 0.2) is 11.5 Å². The second-order valence-corrected chi connectivity index (χ2v) is 6.58. The van der Waals surface area contributed by atoms with Crippen LogP contribution in [0, 0.1) is 13.8 Å². The second kappa shape index (κ2) is 6.59. The smallest absolute Gasteiger partial charge is 0.278 e. The fraction of sp³-hybridized carbons (Fsp3) is 0.190. The Morgan fingerprint density at radius 3 is 2.69 bits per heavy atom. The number of benzene rings is 2. The van der Waals surface area contributed by atoms with E-state index in [4.69, 9.17) is 0 Å². The molecular weight excluding hydrogens is 324 g/mol. The van der Waals surface area contributed by atoms with Gasteiger partial charge in [-0.05, 0) is 61.2 Å². The van der Waals surface area contributed by atoms with E-state index in [1.54, 1.807) is 17.0 Å². The minimum Gasteiger partial charge on any atom is -0.339 e. The van der Waals surface area contributed by atoms with Gasteiger partial charge in [0.2, 0.25) is 0 Å². The number of fused-ring (bicyclic) bond motifs is 1. The van der Waals surface area contributed by atoms with E-state index in [1.807, 2.05) is 32.0 Å². The number of nitrogens with one attached hydrogen (secondary N) is 1. The van der Waals surface area contributed by atoms with Crippen LogP contribution in [0.2, 0.25) is 0 Å². The molecule has 5 nitrogen and oxygen atoms in total. The fourth-order valence-corrected chi connectivity index (χ4v) is 3.21. The Morgan fingerprint density at radius 2 is 1.88 bits per heavy atom. The maximum atomic E-state index is 12.8. The van der Waals surface area contributed by atoms with E-state index in [1.165, 1.54) is 11.1 Å². The van der Waals surface area contributed by atoms with Crippen molar-refractivity contribution in [2.24, 2.45) is 0 Å². The average molecular weight is 344 g/mol. The molecule has 0 fully saturated rings. The zero-order valence-corrected chi connectivity index (χ0v) is 14.9. The highest BCUT2D eigenvalue weighted by Gasteiger charge is 2.26. The second-order valence-electron chi connectivity index (χ2n) is 6.58. The first-order valence-electron chi connectivity index (χ1n) is 8.69. The predicted octanol–water partition coefficient (Wildman–Crippen LogP) is 4.04. The highest BCUT2D eigenvalue weighted by atomic mass is 16.2. The van der Waals surface area contributed by atoms with E-state index in [2.05, 4.69) is 39.8 Å². The number of carbonyl (C=O) groups is 1. The van der Waals surface area contributed by atoms with Crippen molar-refractivity contribution in [2.45, 2.75) is 20.3 Å². The van der Waals surface area contributed by atoms with Crippen molar-refractivity contribution < 1.29 is 4.79 Å². The predicted molar refractivity (Wildman–Crippen MR) is 103 cm³/mol. The molecule has 1 aliphatic rings. The van der Waals surface area contributed by atoms with Gasteiger partial charge >= 0.3 is 0 Å². The van der Waals surface area contributed by atoms with Gasteiger partial charge in [-0.3, -0.25) is 4.79 Å². The summed E-state index contributed by atoms with van der Waals surface area (Å²) < 4.78 is 0. The molecule has 0 radical (unpaired) electrons. The highest BCUT2D eigenvalue weighted by Crippen LogP contribution is 2.28. The number of aryl methyl sites for hydroxylation is 2. The largest absolute Gasteiger partial charge is 0.339 e. The van der Waals surface area contributed by atoms with E-state index < -0.39 is 0 Å². The van der Waals surface area contributed by atoms with Gasteiger partial charge in [-0.25, -0.2) is 0 Å². The molecule has 0 aliphatic carbocycles. The number of nitrogens with zero attached hydrogens (tertiary/aromatic N) is 3. The quantitative estimate of drug-likeness (QED) is 0.779. The molecule has 0 spiro atoms. The van der Waals surface area contributed by atoms with Crippen LogP contribution < -0.4 is 10.2 Å². The number of rotatable bonds is 3. The molecule has 4 rings (SSSR count). The number of carbonyl (C=O) groups excluding carboxylic acids is 1.